The number of aliphatic hydroxyl groups excluding tert-OH is 1. The SMILES string of the molecule is O=C(NC[C@H]1OC[C@@H](NCc2cccs2)[C@@H]1O)C1CCCC1. The first-order valence-corrected chi connectivity index (χ1v) is 8.95. The first-order chi connectivity index (χ1) is 10.7. The molecule has 3 atom stereocenters. The zero-order valence-electron chi connectivity index (χ0n) is 12.7. The standard InChI is InChI=1S/C16H24N2O3S/c19-15-13(17-8-12-6-3-7-22-12)10-21-14(15)9-18-16(20)11-4-1-2-5-11/h3,6-7,11,13-15,17,19H,1-2,4-5,8-10H2,(H,18,20)/t13-,14-,15+/m1/s1. The average Bonchev–Trinajstić information content (AvgIpc) is 3.26. The van der Waals surface area contributed by atoms with Crippen LogP contribution in [-0.4, -0.2) is 42.4 Å². The summed E-state index contributed by atoms with van der Waals surface area (Å²) < 4.78 is 5.64. The summed E-state index contributed by atoms with van der Waals surface area (Å²) in [6.07, 6.45) is 3.38. The largest absolute Gasteiger partial charge is 0.389 e. The van der Waals surface area contributed by atoms with Crippen LogP contribution in [0.4, 0.5) is 0 Å². The van der Waals surface area contributed by atoms with Gasteiger partial charge in [-0.15, -0.1) is 11.3 Å². The Morgan fingerprint density at radius 1 is 1.41 bits per heavy atom. The second-order valence-electron chi connectivity index (χ2n) is 6.16. The Bertz CT molecular complexity index is 474. The van der Waals surface area contributed by atoms with Crippen LogP contribution in [0.15, 0.2) is 17.5 Å². The topological polar surface area (TPSA) is 70.6 Å². The van der Waals surface area contributed by atoms with Crippen molar-refractivity contribution in [3.63, 3.8) is 0 Å². The highest BCUT2D eigenvalue weighted by molar-refractivity contribution is 7.09. The van der Waals surface area contributed by atoms with Crippen LogP contribution in [0, 0.1) is 5.92 Å². The van der Waals surface area contributed by atoms with Gasteiger partial charge in [0.2, 0.25) is 5.91 Å². The molecule has 1 amide bonds. The van der Waals surface area contributed by atoms with Gasteiger partial charge < -0.3 is 20.5 Å². The number of rotatable bonds is 6. The van der Waals surface area contributed by atoms with Gasteiger partial charge in [-0.2, -0.15) is 0 Å². The number of nitrogens with one attached hydrogen (secondary N) is 2. The molecule has 1 aliphatic heterocycles. The maximum absolute atomic E-state index is 12.0. The fourth-order valence-electron chi connectivity index (χ4n) is 3.22. The summed E-state index contributed by atoms with van der Waals surface area (Å²) >= 11 is 1.69. The third-order valence-corrected chi connectivity index (χ3v) is 5.48. The zero-order valence-corrected chi connectivity index (χ0v) is 13.5. The molecule has 3 rings (SSSR count). The van der Waals surface area contributed by atoms with Crippen LogP contribution in [0.2, 0.25) is 0 Å². The molecule has 5 nitrogen and oxygen atoms in total. The van der Waals surface area contributed by atoms with Gasteiger partial charge >= 0.3 is 0 Å². The minimum atomic E-state index is -0.580. The van der Waals surface area contributed by atoms with Gasteiger partial charge in [-0.3, -0.25) is 4.79 Å². The predicted molar refractivity (Wildman–Crippen MR) is 85.7 cm³/mol. The molecule has 0 bridgehead atoms. The number of hydrogen-bond donors (Lipinski definition) is 3. The Morgan fingerprint density at radius 2 is 2.23 bits per heavy atom. The molecular weight excluding hydrogens is 300 g/mol. The first kappa shape index (κ1) is 15.9. The summed E-state index contributed by atoms with van der Waals surface area (Å²) in [5.74, 6) is 0.273. The van der Waals surface area contributed by atoms with Gasteiger partial charge in [0.25, 0.3) is 0 Å². The van der Waals surface area contributed by atoms with E-state index in [-0.39, 0.29) is 24.0 Å². The van der Waals surface area contributed by atoms with Gasteiger partial charge in [0.05, 0.1) is 18.8 Å². The zero-order chi connectivity index (χ0) is 15.4. The number of thiophene rings is 1. The molecule has 1 saturated heterocycles. The third kappa shape index (κ3) is 3.87. The molecule has 1 aliphatic carbocycles. The quantitative estimate of drug-likeness (QED) is 0.737. The van der Waals surface area contributed by atoms with Gasteiger partial charge in [0.15, 0.2) is 0 Å². The Kier molecular flexibility index (Phi) is 5.46. The number of hydrogen-bond acceptors (Lipinski definition) is 5. The number of ether oxygens (including phenoxy) is 1. The highest BCUT2D eigenvalue weighted by atomic mass is 32.1. The monoisotopic (exact) mass is 324 g/mol. The van der Waals surface area contributed by atoms with E-state index < -0.39 is 6.10 Å². The molecule has 0 radical (unpaired) electrons. The van der Waals surface area contributed by atoms with Crippen LogP contribution in [0.1, 0.15) is 30.6 Å². The number of amides is 1. The fraction of sp³-hybridized carbons (Fsp3) is 0.688. The summed E-state index contributed by atoms with van der Waals surface area (Å²) in [4.78, 5) is 13.2. The molecule has 122 valence electrons. The van der Waals surface area contributed by atoms with E-state index in [0.29, 0.717) is 13.2 Å². The van der Waals surface area contributed by atoms with Crippen molar-refractivity contribution in [3.05, 3.63) is 22.4 Å². The Morgan fingerprint density at radius 3 is 2.95 bits per heavy atom. The highest BCUT2D eigenvalue weighted by Crippen LogP contribution is 2.24. The molecule has 0 spiro atoms. The van der Waals surface area contributed by atoms with Crippen molar-refractivity contribution in [2.45, 2.75) is 50.5 Å². The lowest BCUT2D eigenvalue weighted by Crippen LogP contribution is -2.45. The van der Waals surface area contributed by atoms with E-state index >= 15 is 0 Å². The van der Waals surface area contributed by atoms with Crippen LogP contribution >= 0.6 is 11.3 Å². The van der Waals surface area contributed by atoms with Crippen molar-refractivity contribution < 1.29 is 14.6 Å². The minimum absolute atomic E-state index is 0.0736. The van der Waals surface area contributed by atoms with Crippen molar-refractivity contribution in [2.75, 3.05) is 13.2 Å². The summed E-state index contributed by atoms with van der Waals surface area (Å²) in [5.41, 5.74) is 0. The molecule has 1 aromatic rings. The van der Waals surface area contributed by atoms with Gasteiger partial charge in [-0.1, -0.05) is 18.9 Å². The van der Waals surface area contributed by atoms with Crippen LogP contribution in [0.5, 0.6) is 0 Å². The fourth-order valence-corrected chi connectivity index (χ4v) is 3.88. The molecule has 0 unspecified atom stereocenters. The minimum Gasteiger partial charge on any atom is -0.389 e. The van der Waals surface area contributed by atoms with Crippen molar-refractivity contribution in [2.24, 2.45) is 5.92 Å². The van der Waals surface area contributed by atoms with Gasteiger partial charge in [-0.25, -0.2) is 0 Å². The summed E-state index contributed by atoms with van der Waals surface area (Å²) in [5, 5.41) is 18.6. The van der Waals surface area contributed by atoms with Crippen LogP contribution in [0.3, 0.4) is 0 Å². The smallest absolute Gasteiger partial charge is 0.223 e. The Labute approximate surface area is 135 Å². The second-order valence-corrected chi connectivity index (χ2v) is 7.19. The lowest BCUT2D eigenvalue weighted by atomic mass is 10.1. The van der Waals surface area contributed by atoms with Crippen molar-refractivity contribution in [1.82, 2.24) is 10.6 Å². The first-order valence-electron chi connectivity index (χ1n) is 8.07. The highest BCUT2D eigenvalue weighted by Gasteiger charge is 2.36. The summed E-state index contributed by atoms with van der Waals surface area (Å²) in [6, 6.07) is 4.01. The molecule has 2 aliphatic rings. The van der Waals surface area contributed by atoms with Crippen LogP contribution in [0.25, 0.3) is 0 Å². The number of aliphatic hydroxyl groups is 1. The van der Waals surface area contributed by atoms with E-state index in [4.69, 9.17) is 4.74 Å². The van der Waals surface area contributed by atoms with Gasteiger partial charge in [0, 0.05) is 23.9 Å². The molecule has 2 heterocycles. The van der Waals surface area contributed by atoms with E-state index in [9.17, 15) is 9.90 Å². The van der Waals surface area contributed by atoms with E-state index in [0.717, 1.165) is 32.2 Å². The lowest BCUT2D eigenvalue weighted by molar-refractivity contribution is -0.125. The molecule has 2 fully saturated rings. The predicted octanol–water partition coefficient (Wildman–Crippen LogP) is 1.27. The molecule has 1 aromatic heterocycles. The Hall–Kier alpha value is -0.950. The van der Waals surface area contributed by atoms with Crippen LogP contribution in [-0.2, 0) is 16.1 Å². The molecule has 1 saturated carbocycles. The summed E-state index contributed by atoms with van der Waals surface area (Å²) in [7, 11) is 0. The van der Waals surface area contributed by atoms with Gasteiger partial charge in [-0.05, 0) is 24.3 Å². The van der Waals surface area contributed by atoms with Crippen molar-refractivity contribution in [3.8, 4) is 0 Å². The molecule has 22 heavy (non-hydrogen) atoms. The van der Waals surface area contributed by atoms with Gasteiger partial charge in [0.1, 0.15) is 6.10 Å². The second kappa shape index (κ2) is 7.55. The molecule has 6 heteroatoms. The van der Waals surface area contributed by atoms with Crippen LogP contribution < -0.4 is 10.6 Å². The third-order valence-electron chi connectivity index (χ3n) is 4.61. The lowest BCUT2D eigenvalue weighted by Gasteiger charge is -2.19. The normalized spacial score (nSPS) is 29.0. The maximum atomic E-state index is 12.0. The maximum Gasteiger partial charge on any atom is 0.223 e. The van der Waals surface area contributed by atoms with Crippen molar-refractivity contribution in [1.29, 1.82) is 0 Å². The van der Waals surface area contributed by atoms with E-state index in [2.05, 4.69) is 16.7 Å². The molecule has 3 N–H and O–H groups in total. The van der Waals surface area contributed by atoms with E-state index in [1.807, 2.05) is 11.4 Å². The Balaban J connectivity index is 1.40. The average molecular weight is 324 g/mol. The number of carbonyl (C=O) groups excluding carboxylic acids is 1. The molecular formula is C16H24N2O3S. The summed E-state index contributed by atoms with van der Waals surface area (Å²) in [6.45, 7) is 1.62. The van der Waals surface area contributed by atoms with Crippen molar-refractivity contribution >= 4 is 17.2 Å². The van der Waals surface area contributed by atoms with E-state index in [1.165, 1.54) is 4.88 Å². The number of carbonyl (C=O) groups is 1. The van der Waals surface area contributed by atoms with E-state index in [1.54, 1.807) is 11.3 Å². The molecule has 0 aromatic carbocycles.